The second kappa shape index (κ2) is 7.61. The Kier molecular flexibility index (Phi) is 5.55. The van der Waals surface area contributed by atoms with Gasteiger partial charge in [-0.25, -0.2) is 5.48 Å². The molecule has 5 N–H and O–H groups in total. The van der Waals surface area contributed by atoms with Gasteiger partial charge in [0.05, 0.1) is 6.04 Å². The van der Waals surface area contributed by atoms with Gasteiger partial charge >= 0.3 is 0 Å². The minimum atomic E-state index is -0.581. The Morgan fingerprint density at radius 2 is 1.42 bits per heavy atom. The number of benzene rings is 2. The van der Waals surface area contributed by atoms with Crippen molar-refractivity contribution in [3.05, 3.63) is 65.2 Å². The molecular weight excluding hydrogens is 308 g/mol. The van der Waals surface area contributed by atoms with Crippen molar-refractivity contribution in [2.24, 2.45) is 5.92 Å². The normalized spacial score (nSPS) is 11.8. The standard InChI is InChI=1S/C18H20N2O4/c1-11(2)16(12-3-5-14(6-4-12)18(23)20-24)19-17(22)13-7-9-15(21)10-8-13/h3-11,16,21,24H,1-2H3,(H,19,22)(H,20,23)/p+1. The lowest BCUT2D eigenvalue weighted by Crippen LogP contribution is -2.31. The van der Waals surface area contributed by atoms with Crippen LogP contribution in [0.3, 0.4) is 0 Å². The van der Waals surface area contributed by atoms with Gasteiger partial charge in [-0.15, -0.1) is 0 Å². The predicted octanol–water partition coefficient (Wildman–Crippen LogP) is 2.37. The molecule has 1 atom stereocenters. The number of hydrogen-bond donors (Lipinski definition) is 3. The van der Waals surface area contributed by atoms with Crippen LogP contribution in [0.15, 0.2) is 48.5 Å². The van der Waals surface area contributed by atoms with E-state index in [0.717, 1.165) is 5.56 Å². The van der Waals surface area contributed by atoms with Crippen LogP contribution < -0.4 is 10.8 Å². The van der Waals surface area contributed by atoms with Gasteiger partial charge in [0.25, 0.3) is 17.6 Å². The Labute approximate surface area is 140 Å². The second-order valence-electron chi connectivity index (χ2n) is 5.84. The van der Waals surface area contributed by atoms with Gasteiger partial charge in [0.1, 0.15) is 0 Å². The van der Waals surface area contributed by atoms with Crippen molar-refractivity contribution in [2.45, 2.75) is 19.9 Å². The van der Waals surface area contributed by atoms with E-state index >= 15 is 0 Å². The van der Waals surface area contributed by atoms with Crippen LogP contribution in [0.4, 0.5) is 0 Å². The molecule has 0 bridgehead atoms. The van der Waals surface area contributed by atoms with E-state index in [-0.39, 0.29) is 17.9 Å². The second-order valence-corrected chi connectivity index (χ2v) is 5.84. The summed E-state index contributed by atoms with van der Waals surface area (Å²) < 4.78 is 0. The maximum atomic E-state index is 12.4. The summed E-state index contributed by atoms with van der Waals surface area (Å²) >= 11 is 0. The van der Waals surface area contributed by atoms with Crippen molar-refractivity contribution in [3.63, 3.8) is 0 Å². The fourth-order valence-corrected chi connectivity index (χ4v) is 2.39. The Hall–Kier alpha value is -2.86. The molecule has 0 aliphatic heterocycles. The van der Waals surface area contributed by atoms with Crippen molar-refractivity contribution < 1.29 is 19.9 Å². The number of hydroxylamine groups is 1. The zero-order chi connectivity index (χ0) is 17.7. The first-order chi connectivity index (χ1) is 11.4. The Bertz CT molecular complexity index is 709. The van der Waals surface area contributed by atoms with Crippen LogP contribution >= 0.6 is 0 Å². The van der Waals surface area contributed by atoms with Gasteiger partial charge in [0.15, 0.2) is 0 Å². The van der Waals surface area contributed by atoms with Gasteiger partial charge in [-0.05, 0) is 35.7 Å². The highest BCUT2D eigenvalue weighted by Crippen LogP contribution is 2.23. The van der Waals surface area contributed by atoms with E-state index in [1.807, 2.05) is 13.8 Å². The SMILES string of the molecule is CC(C)C(NC(=O)c1ccc([OH2+])cc1)c1ccc(C(=O)NO)cc1. The van der Waals surface area contributed by atoms with Crippen LogP contribution in [-0.2, 0) is 0 Å². The monoisotopic (exact) mass is 329 g/mol. The number of nitrogens with one attached hydrogen (secondary N) is 2. The first kappa shape index (κ1) is 17.5. The Morgan fingerprint density at radius 1 is 0.917 bits per heavy atom. The number of carbonyl (C=O) groups excluding carboxylic acids is 2. The molecule has 6 heteroatoms. The first-order valence-electron chi connectivity index (χ1n) is 7.59. The lowest BCUT2D eigenvalue weighted by molar-refractivity contribution is 0.0706. The molecule has 2 aromatic carbocycles. The van der Waals surface area contributed by atoms with Gasteiger partial charge in [-0.3, -0.25) is 14.8 Å². The summed E-state index contributed by atoms with van der Waals surface area (Å²) in [5.74, 6) is -0.306. The van der Waals surface area contributed by atoms with Crippen molar-refractivity contribution in [1.82, 2.24) is 10.8 Å². The third kappa shape index (κ3) is 4.11. The van der Waals surface area contributed by atoms with Crippen LogP contribution in [0.25, 0.3) is 0 Å². The van der Waals surface area contributed by atoms with Crippen molar-refractivity contribution in [2.75, 3.05) is 0 Å². The summed E-state index contributed by atoms with van der Waals surface area (Å²) in [5, 5.41) is 19.1. The molecule has 0 fully saturated rings. The van der Waals surface area contributed by atoms with Crippen molar-refractivity contribution >= 4 is 11.8 Å². The first-order valence-corrected chi connectivity index (χ1v) is 7.59. The van der Waals surface area contributed by atoms with E-state index in [0.29, 0.717) is 16.9 Å². The molecule has 0 aromatic heterocycles. The number of amides is 2. The molecule has 0 heterocycles. The topological polar surface area (TPSA) is 101 Å². The zero-order valence-electron chi connectivity index (χ0n) is 13.5. The predicted molar refractivity (Wildman–Crippen MR) is 90.2 cm³/mol. The highest BCUT2D eigenvalue weighted by Gasteiger charge is 2.19. The lowest BCUT2D eigenvalue weighted by Gasteiger charge is -2.23. The largest absolute Gasteiger partial charge is 0.593 e. The van der Waals surface area contributed by atoms with Crippen molar-refractivity contribution in [3.8, 4) is 5.75 Å². The molecule has 2 aromatic rings. The molecule has 6 nitrogen and oxygen atoms in total. The quantitative estimate of drug-likeness (QED) is 0.446. The third-order valence-corrected chi connectivity index (χ3v) is 3.73. The minimum Gasteiger partial charge on any atom is -0.593 e. The van der Waals surface area contributed by atoms with Crippen LogP contribution in [0.5, 0.6) is 5.75 Å². The maximum Gasteiger partial charge on any atom is 0.274 e. The molecule has 2 rings (SSSR count). The molecule has 0 radical (unpaired) electrons. The molecule has 0 aliphatic rings. The summed E-state index contributed by atoms with van der Waals surface area (Å²) in [4.78, 5) is 23.8. The summed E-state index contributed by atoms with van der Waals surface area (Å²) in [5.41, 5.74) is 3.28. The fraction of sp³-hybridized carbons (Fsp3) is 0.222. The van der Waals surface area contributed by atoms with Crippen LogP contribution in [0.2, 0.25) is 0 Å². The van der Waals surface area contributed by atoms with Gasteiger partial charge in [-0.1, -0.05) is 26.0 Å². The number of hydrogen-bond acceptors (Lipinski definition) is 3. The third-order valence-electron chi connectivity index (χ3n) is 3.73. The van der Waals surface area contributed by atoms with Crippen LogP contribution in [0.1, 0.15) is 46.2 Å². The Balaban J connectivity index is 2.18. The maximum absolute atomic E-state index is 12.4. The number of carbonyl (C=O) groups is 2. The van der Waals surface area contributed by atoms with E-state index in [1.54, 1.807) is 54.0 Å². The molecule has 0 spiro atoms. The molecular formula is C18H21N2O4+. The molecule has 1 unspecified atom stereocenters. The Morgan fingerprint density at radius 3 is 1.92 bits per heavy atom. The highest BCUT2D eigenvalue weighted by atomic mass is 16.5. The molecule has 126 valence electrons. The van der Waals surface area contributed by atoms with Gasteiger partial charge < -0.3 is 10.4 Å². The minimum absolute atomic E-state index is 0.141. The molecule has 0 aliphatic carbocycles. The van der Waals surface area contributed by atoms with Crippen molar-refractivity contribution in [1.29, 1.82) is 0 Å². The highest BCUT2D eigenvalue weighted by molar-refractivity contribution is 5.95. The van der Waals surface area contributed by atoms with Gasteiger partial charge in [0, 0.05) is 23.3 Å². The molecule has 0 saturated heterocycles. The van der Waals surface area contributed by atoms with E-state index in [4.69, 9.17) is 10.3 Å². The van der Waals surface area contributed by atoms with E-state index in [2.05, 4.69) is 5.32 Å². The lowest BCUT2D eigenvalue weighted by atomic mass is 9.94. The summed E-state index contributed by atoms with van der Waals surface area (Å²) in [6, 6.07) is 12.8. The van der Waals surface area contributed by atoms with E-state index < -0.39 is 5.91 Å². The van der Waals surface area contributed by atoms with E-state index in [9.17, 15) is 9.59 Å². The molecule has 24 heavy (non-hydrogen) atoms. The van der Waals surface area contributed by atoms with Crippen LogP contribution in [-0.4, -0.2) is 22.1 Å². The zero-order valence-corrected chi connectivity index (χ0v) is 13.5. The van der Waals surface area contributed by atoms with Gasteiger partial charge in [0.2, 0.25) is 0 Å². The number of rotatable bonds is 5. The fourth-order valence-electron chi connectivity index (χ4n) is 2.39. The summed E-state index contributed by atoms with van der Waals surface area (Å²) in [7, 11) is 0. The molecule has 2 amide bonds. The molecule has 0 saturated carbocycles. The summed E-state index contributed by atoms with van der Waals surface area (Å²) in [6.45, 7) is 3.98. The van der Waals surface area contributed by atoms with Gasteiger partial charge in [-0.2, -0.15) is 0 Å². The average molecular weight is 329 g/mol. The smallest absolute Gasteiger partial charge is 0.274 e. The van der Waals surface area contributed by atoms with Crippen LogP contribution in [0, 0.1) is 5.92 Å². The van der Waals surface area contributed by atoms with E-state index in [1.165, 1.54) is 0 Å². The average Bonchev–Trinajstić information content (AvgIpc) is 2.59. The summed E-state index contributed by atoms with van der Waals surface area (Å²) in [6.07, 6.45) is 0.